The van der Waals surface area contributed by atoms with Crippen molar-refractivity contribution in [3.8, 4) is 0 Å². The van der Waals surface area contributed by atoms with Crippen LogP contribution in [0.1, 0.15) is 45.1 Å². The number of amides is 1. The Bertz CT molecular complexity index is 431. The molecule has 0 aliphatic carbocycles. The monoisotopic (exact) mass is 291 g/mol. The molecule has 1 rings (SSSR count). The summed E-state index contributed by atoms with van der Waals surface area (Å²) in [6.07, 6.45) is 2.65. The first-order chi connectivity index (χ1) is 10.2. The van der Waals surface area contributed by atoms with Gasteiger partial charge in [-0.3, -0.25) is 9.59 Å². The Morgan fingerprint density at radius 2 is 1.81 bits per heavy atom. The molecule has 0 heterocycles. The number of carbonyl (C=O) groups excluding carboxylic acids is 2. The molecule has 0 saturated carbocycles. The van der Waals surface area contributed by atoms with E-state index >= 15 is 0 Å². The number of benzene rings is 1. The third kappa shape index (κ3) is 6.93. The molecular weight excluding hydrogens is 266 g/mol. The Hall–Kier alpha value is -1.84. The maximum absolute atomic E-state index is 12.3. The number of unbranched alkanes of at least 4 members (excludes halogenated alkanes) is 1. The van der Waals surface area contributed by atoms with E-state index in [1.807, 2.05) is 30.3 Å². The van der Waals surface area contributed by atoms with Crippen LogP contribution in [0, 0.1) is 0 Å². The minimum Gasteiger partial charge on any atom is -0.466 e. The van der Waals surface area contributed by atoms with Gasteiger partial charge in [0.15, 0.2) is 0 Å². The van der Waals surface area contributed by atoms with Crippen LogP contribution in [-0.2, 0) is 20.9 Å². The second-order valence-electron chi connectivity index (χ2n) is 4.96. The lowest BCUT2D eigenvalue weighted by atomic mass is 10.1. The van der Waals surface area contributed by atoms with Crippen LogP contribution in [-0.4, -0.2) is 29.9 Å². The number of esters is 1. The Morgan fingerprint density at radius 3 is 2.43 bits per heavy atom. The smallest absolute Gasteiger partial charge is 0.307 e. The van der Waals surface area contributed by atoms with Crippen molar-refractivity contribution in [1.82, 2.24) is 4.90 Å². The number of hydrogen-bond donors (Lipinski definition) is 0. The van der Waals surface area contributed by atoms with E-state index in [2.05, 4.69) is 6.92 Å². The normalized spacial score (nSPS) is 10.2. The van der Waals surface area contributed by atoms with Crippen LogP contribution in [0.5, 0.6) is 0 Å². The zero-order valence-electron chi connectivity index (χ0n) is 13.0. The van der Waals surface area contributed by atoms with Gasteiger partial charge in [-0.15, -0.1) is 0 Å². The highest BCUT2D eigenvalue weighted by Crippen LogP contribution is 2.09. The molecule has 0 aliphatic rings. The molecule has 21 heavy (non-hydrogen) atoms. The minimum atomic E-state index is -0.251. The van der Waals surface area contributed by atoms with E-state index in [9.17, 15) is 9.59 Å². The Labute approximate surface area is 127 Å². The highest BCUT2D eigenvalue weighted by molar-refractivity contribution is 5.77. The Kier molecular flexibility index (Phi) is 8.17. The van der Waals surface area contributed by atoms with Gasteiger partial charge in [-0.05, 0) is 18.9 Å². The maximum Gasteiger partial charge on any atom is 0.307 e. The summed E-state index contributed by atoms with van der Waals surface area (Å²) in [5.74, 6) is -0.149. The molecular formula is C17H25NO3. The number of rotatable bonds is 9. The molecule has 4 heteroatoms. The fourth-order valence-electron chi connectivity index (χ4n) is 2.04. The summed E-state index contributed by atoms with van der Waals surface area (Å²) in [5, 5.41) is 0. The predicted molar refractivity (Wildman–Crippen MR) is 82.6 cm³/mol. The van der Waals surface area contributed by atoms with Crippen LogP contribution in [0.4, 0.5) is 0 Å². The second-order valence-corrected chi connectivity index (χ2v) is 4.96. The van der Waals surface area contributed by atoms with E-state index in [4.69, 9.17) is 4.74 Å². The van der Waals surface area contributed by atoms with Crippen molar-refractivity contribution < 1.29 is 14.3 Å². The van der Waals surface area contributed by atoms with Crippen LogP contribution in [0.3, 0.4) is 0 Å². The SMILES string of the molecule is CCCCC(=O)N(CCC(=O)OCC)Cc1ccccc1. The predicted octanol–water partition coefficient (Wildman–Crippen LogP) is 3.16. The summed E-state index contributed by atoms with van der Waals surface area (Å²) in [7, 11) is 0. The van der Waals surface area contributed by atoms with E-state index < -0.39 is 0 Å². The highest BCUT2D eigenvalue weighted by atomic mass is 16.5. The van der Waals surface area contributed by atoms with Crippen molar-refractivity contribution in [2.75, 3.05) is 13.2 Å². The van der Waals surface area contributed by atoms with E-state index in [1.54, 1.807) is 11.8 Å². The summed E-state index contributed by atoms with van der Waals surface area (Å²) in [5.41, 5.74) is 1.08. The van der Waals surface area contributed by atoms with Crippen molar-refractivity contribution in [3.05, 3.63) is 35.9 Å². The third-order valence-electron chi connectivity index (χ3n) is 3.20. The molecule has 0 atom stereocenters. The van der Waals surface area contributed by atoms with Gasteiger partial charge in [-0.1, -0.05) is 43.7 Å². The average molecular weight is 291 g/mol. The molecule has 4 nitrogen and oxygen atoms in total. The van der Waals surface area contributed by atoms with Gasteiger partial charge in [-0.25, -0.2) is 0 Å². The molecule has 0 aromatic heterocycles. The zero-order valence-corrected chi connectivity index (χ0v) is 13.0. The Balaban J connectivity index is 2.61. The first kappa shape index (κ1) is 17.2. The molecule has 1 amide bonds. The third-order valence-corrected chi connectivity index (χ3v) is 3.20. The van der Waals surface area contributed by atoms with E-state index in [1.165, 1.54) is 0 Å². The second kappa shape index (κ2) is 9.97. The average Bonchev–Trinajstić information content (AvgIpc) is 2.50. The largest absolute Gasteiger partial charge is 0.466 e. The molecule has 0 unspecified atom stereocenters. The van der Waals surface area contributed by atoms with Gasteiger partial charge >= 0.3 is 5.97 Å². The van der Waals surface area contributed by atoms with Crippen LogP contribution in [0.25, 0.3) is 0 Å². The molecule has 116 valence electrons. The molecule has 0 fully saturated rings. The summed E-state index contributed by atoms with van der Waals surface area (Å²) < 4.78 is 4.93. The van der Waals surface area contributed by atoms with Crippen molar-refractivity contribution in [3.63, 3.8) is 0 Å². The quantitative estimate of drug-likeness (QED) is 0.657. The summed E-state index contributed by atoms with van der Waals surface area (Å²) in [6, 6.07) is 9.84. The van der Waals surface area contributed by atoms with Crippen molar-refractivity contribution >= 4 is 11.9 Å². The minimum absolute atomic E-state index is 0.102. The van der Waals surface area contributed by atoms with Gasteiger partial charge in [-0.2, -0.15) is 0 Å². The van der Waals surface area contributed by atoms with Crippen LogP contribution in [0.15, 0.2) is 30.3 Å². The number of nitrogens with zero attached hydrogens (tertiary/aromatic N) is 1. The van der Waals surface area contributed by atoms with E-state index in [0.29, 0.717) is 26.1 Å². The fourth-order valence-corrected chi connectivity index (χ4v) is 2.04. The summed E-state index contributed by atoms with van der Waals surface area (Å²) >= 11 is 0. The number of carbonyl (C=O) groups is 2. The van der Waals surface area contributed by atoms with Gasteiger partial charge in [0.2, 0.25) is 5.91 Å². The maximum atomic E-state index is 12.3. The van der Waals surface area contributed by atoms with Gasteiger partial charge in [0.25, 0.3) is 0 Å². The summed E-state index contributed by atoms with van der Waals surface area (Å²) in [6.45, 7) is 5.18. The molecule has 0 aliphatic heterocycles. The van der Waals surface area contributed by atoms with Gasteiger partial charge < -0.3 is 9.64 Å². The molecule has 0 radical (unpaired) electrons. The first-order valence-corrected chi connectivity index (χ1v) is 7.64. The van der Waals surface area contributed by atoms with Crippen molar-refractivity contribution in [2.24, 2.45) is 0 Å². The summed E-state index contributed by atoms with van der Waals surface area (Å²) in [4.78, 5) is 25.5. The molecule has 0 bridgehead atoms. The van der Waals surface area contributed by atoms with E-state index in [0.717, 1.165) is 18.4 Å². The number of ether oxygens (including phenoxy) is 1. The van der Waals surface area contributed by atoms with E-state index in [-0.39, 0.29) is 18.3 Å². The Morgan fingerprint density at radius 1 is 1.10 bits per heavy atom. The van der Waals surface area contributed by atoms with Crippen LogP contribution in [0.2, 0.25) is 0 Å². The highest BCUT2D eigenvalue weighted by Gasteiger charge is 2.15. The molecule has 0 N–H and O–H groups in total. The van der Waals surface area contributed by atoms with Crippen molar-refractivity contribution in [1.29, 1.82) is 0 Å². The van der Waals surface area contributed by atoms with Crippen LogP contribution >= 0.6 is 0 Å². The fraction of sp³-hybridized carbons (Fsp3) is 0.529. The lowest BCUT2D eigenvalue weighted by Crippen LogP contribution is -2.32. The molecule has 1 aromatic carbocycles. The van der Waals surface area contributed by atoms with Gasteiger partial charge in [0.05, 0.1) is 13.0 Å². The molecule has 1 aromatic rings. The zero-order chi connectivity index (χ0) is 15.5. The van der Waals surface area contributed by atoms with Crippen LogP contribution < -0.4 is 0 Å². The number of hydrogen-bond acceptors (Lipinski definition) is 3. The first-order valence-electron chi connectivity index (χ1n) is 7.64. The molecule has 0 saturated heterocycles. The van der Waals surface area contributed by atoms with Crippen molar-refractivity contribution in [2.45, 2.75) is 46.1 Å². The van der Waals surface area contributed by atoms with Gasteiger partial charge in [0.1, 0.15) is 0 Å². The topological polar surface area (TPSA) is 46.6 Å². The standard InChI is InChI=1S/C17H25NO3/c1-3-5-11-16(19)18(13-12-17(20)21-4-2)14-15-9-7-6-8-10-15/h6-10H,3-5,11-14H2,1-2H3. The lowest BCUT2D eigenvalue weighted by molar-refractivity contribution is -0.144. The lowest BCUT2D eigenvalue weighted by Gasteiger charge is -2.22. The van der Waals surface area contributed by atoms with Gasteiger partial charge in [0, 0.05) is 19.5 Å². The molecule has 0 spiro atoms.